The van der Waals surface area contributed by atoms with Gasteiger partial charge in [-0.3, -0.25) is 0 Å². The maximum Gasteiger partial charge on any atom is 0.353 e. The fourth-order valence-corrected chi connectivity index (χ4v) is 1.06. The molecule has 0 amide bonds. The van der Waals surface area contributed by atoms with Crippen molar-refractivity contribution < 1.29 is 14.7 Å². The van der Waals surface area contributed by atoms with Crippen molar-refractivity contribution in [2.45, 2.75) is 13.8 Å². The molecule has 0 bridgehead atoms. The summed E-state index contributed by atoms with van der Waals surface area (Å²) in [6.45, 7) is 3.41. The van der Waals surface area contributed by atoms with Gasteiger partial charge in [-0.1, -0.05) is 29.1 Å². The van der Waals surface area contributed by atoms with Crippen molar-refractivity contribution in [2.24, 2.45) is 5.16 Å². The molecule has 0 fully saturated rings. The van der Waals surface area contributed by atoms with E-state index in [0.717, 1.165) is 11.1 Å². The lowest BCUT2D eigenvalue weighted by Gasteiger charge is -1.94. The number of oxime groups is 1. The molecule has 4 nitrogen and oxygen atoms in total. The SMILES string of the molecule is CC(=NOCC#Cc1cccc(C)c1)C(=O)O. The molecule has 0 aliphatic heterocycles. The van der Waals surface area contributed by atoms with Crippen LogP contribution in [0.25, 0.3) is 0 Å². The van der Waals surface area contributed by atoms with Gasteiger partial charge in [0.25, 0.3) is 0 Å². The first kappa shape index (κ1) is 12.8. The quantitative estimate of drug-likeness (QED) is 0.373. The van der Waals surface area contributed by atoms with Gasteiger partial charge in [0, 0.05) is 5.56 Å². The van der Waals surface area contributed by atoms with E-state index in [1.165, 1.54) is 6.92 Å². The predicted octanol–water partition coefficient (Wildman–Crippen LogP) is 1.82. The second kappa shape index (κ2) is 6.33. The Morgan fingerprint density at radius 1 is 1.53 bits per heavy atom. The fourth-order valence-electron chi connectivity index (χ4n) is 1.06. The number of hydrogen-bond donors (Lipinski definition) is 1. The average Bonchev–Trinajstić information content (AvgIpc) is 2.28. The van der Waals surface area contributed by atoms with Gasteiger partial charge in [0.05, 0.1) is 0 Å². The van der Waals surface area contributed by atoms with Gasteiger partial charge in [-0.25, -0.2) is 4.79 Å². The second-order valence-corrected chi connectivity index (χ2v) is 3.43. The van der Waals surface area contributed by atoms with Crippen molar-refractivity contribution in [3.63, 3.8) is 0 Å². The zero-order valence-electron chi connectivity index (χ0n) is 9.73. The van der Waals surface area contributed by atoms with Gasteiger partial charge in [-0.2, -0.15) is 0 Å². The minimum atomic E-state index is -1.10. The Morgan fingerprint density at radius 2 is 2.29 bits per heavy atom. The number of benzene rings is 1. The van der Waals surface area contributed by atoms with E-state index >= 15 is 0 Å². The first-order chi connectivity index (χ1) is 8.09. The van der Waals surface area contributed by atoms with Gasteiger partial charge >= 0.3 is 5.97 Å². The van der Waals surface area contributed by atoms with E-state index in [2.05, 4.69) is 17.0 Å². The summed E-state index contributed by atoms with van der Waals surface area (Å²) in [6.07, 6.45) is 0. The molecule has 1 N–H and O–H groups in total. The summed E-state index contributed by atoms with van der Waals surface area (Å²) in [5, 5.41) is 11.9. The summed E-state index contributed by atoms with van der Waals surface area (Å²) < 4.78 is 0. The van der Waals surface area contributed by atoms with E-state index in [1.54, 1.807) is 0 Å². The van der Waals surface area contributed by atoms with Crippen LogP contribution in [0.15, 0.2) is 29.4 Å². The third-order valence-electron chi connectivity index (χ3n) is 1.90. The first-order valence-corrected chi connectivity index (χ1v) is 5.05. The van der Waals surface area contributed by atoms with Crippen LogP contribution in [-0.4, -0.2) is 23.4 Å². The minimum Gasteiger partial charge on any atom is -0.477 e. The Kier molecular flexibility index (Phi) is 4.77. The van der Waals surface area contributed by atoms with Crippen LogP contribution < -0.4 is 0 Å². The van der Waals surface area contributed by atoms with Crippen LogP contribution in [0.2, 0.25) is 0 Å². The third-order valence-corrected chi connectivity index (χ3v) is 1.90. The molecule has 0 aliphatic rings. The highest BCUT2D eigenvalue weighted by atomic mass is 16.6. The molecule has 4 heteroatoms. The molecule has 88 valence electrons. The van der Waals surface area contributed by atoms with Crippen LogP contribution in [0.5, 0.6) is 0 Å². The molecule has 0 radical (unpaired) electrons. The van der Waals surface area contributed by atoms with E-state index < -0.39 is 5.97 Å². The summed E-state index contributed by atoms with van der Waals surface area (Å²) in [4.78, 5) is 15.1. The summed E-state index contributed by atoms with van der Waals surface area (Å²) >= 11 is 0. The molecule has 0 unspecified atom stereocenters. The van der Waals surface area contributed by atoms with Crippen molar-refractivity contribution in [3.05, 3.63) is 35.4 Å². The average molecular weight is 231 g/mol. The van der Waals surface area contributed by atoms with Crippen molar-refractivity contribution >= 4 is 11.7 Å². The summed E-state index contributed by atoms with van der Waals surface area (Å²) in [7, 11) is 0. The maximum atomic E-state index is 10.4. The topological polar surface area (TPSA) is 58.9 Å². The highest BCUT2D eigenvalue weighted by Gasteiger charge is 2.00. The largest absolute Gasteiger partial charge is 0.477 e. The normalized spacial score (nSPS) is 10.4. The van der Waals surface area contributed by atoms with E-state index in [-0.39, 0.29) is 12.3 Å². The molecule has 1 aromatic rings. The number of aliphatic carboxylic acids is 1. The Hall–Kier alpha value is -2.28. The molecule has 0 aliphatic carbocycles. The summed E-state index contributed by atoms with van der Waals surface area (Å²) in [5.41, 5.74) is 1.94. The zero-order valence-corrected chi connectivity index (χ0v) is 9.73. The molecular formula is C13H13NO3. The molecule has 17 heavy (non-hydrogen) atoms. The van der Waals surface area contributed by atoms with Crippen molar-refractivity contribution in [1.29, 1.82) is 0 Å². The van der Waals surface area contributed by atoms with Crippen molar-refractivity contribution in [2.75, 3.05) is 6.61 Å². The Balaban J connectivity index is 2.47. The fraction of sp³-hybridized carbons (Fsp3) is 0.231. The monoisotopic (exact) mass is 231 g/mol. The van der Waals surface area contributed by atoms with E-state index in [4.69, 9.17) is 9.94 Å². The Morgan fingerprint density at radius 3 is 2.94 bits per heavy atom. The molecule has 1 rings (SSSR count). The standard InChI is InChI=1S/C13H13NO3/c1-10-5-3-6-12(9-10)7-4-8-17-14-11(2)13(15)16/h3,5-6,9H,8H2,1-2H3,(H,15,16). The lowest BCUT2D eigenvalue weighted by Crippen LogP contribution is -2.08. The Labute approximate surface area is 99.9 Å². The molecule has 0 heterocycles. The van der Waals surface area contributed by atoms with Gasteiger partial charge in [-0.15, -0.1) is 0 Å². The highest BCUT2D eigenvalue weighted by molar-refractivity contribution is 6.34. The van der Waals surface area contributed by atoms with Gasteiger partial charge in [0.15, 0.2) is 12.3 Å². The third kappa shape index (κ3) is 4.85. The van der Waals surface area contributed by atoms with Crippen LogP contribution in [0, 0.1) is 18.8 Å². The number of hydrogen-bond acceptors (Lipinski definition) is 3. The number of carboxylic acid groups (broad SMARTS) is 1. The maximum absolute atomic E-state index is 10.4. The molecule has 0 saturated carbocycles. The predicted molar refractivity (Wildman–Crippen MR) is 64.8 cm³/mol. The number of nitrogens with zero attached hydrogens (tertiary/aromatic N) is 1. The number of aryl methyl sites for hydroxylation is 1. The molecule has 0 atom stereocenters. The van der Waals surface area contributed by atoms with Gasteiger partial charge in [0.1, 0.15) is 0 Å². The lowest BCUT2D eigenvalue weighted by molar-refractivity contribution is -0.129. The molecule has 1 aromatic carbocycles. The van der Waals surface area contributed by atoms with Crippen molar-refractivity contribution in [3.8, 4) is 11.8 Å². The number of carboxylic acids is 1. The van der Waals surface area contributed by atoms with Crippen LogP contribution in [0.1, 0.15) is 18.1 Å². The van der Waals surface area contributed by atoms with E-state index in [0.29, 0.717) is 0 Å². The van der Waals surface area contributed by atoms with Gasteiger partial charge in [0.2, 0.25) is 0 Å². The molecule has 0 saturated heterocycles. The van der Waals surface area contributed by atoms with Gasteiger partial charge < -0.3 is 9.94 Å². The van der Waals surface area contributed by atoms with E-state index in [9.17, 15) is 4.79 Å². The van der Waals surface area contributed by atoms with Crippen LogP contribution in [0.4, 0.5) is 0 Å². The molecule has 0 spiro atoms. The van der Waals surface area contributed by atoms with Crippen molar-refractivity contribution in [1.82, 2.24) is 0 Å². The minimum absolute atomic E-state index is 0.0680. The highest BCUT2D eigenvalue weighted by Crippen LogP contribution is 2.01. The van der Waals surface area contributed by atoms with Crippen LogP contribution in [0.3, 0.4) is 0 Å². The molecule has 0 aromatic heterocycles. The first-order valence-electron chi connectivity index (χ1n) is 5.05. The smallest absolute Gasteiger partial charge is 0.353 e. The second-order valence-electron chi connectivity index (χ2n) is 3.43. The molecular weight excluding hydrogens is 218 g/mol. The van der Waals surface area contributed by atoms with Crippen LogP contribution >= 0.6 is 0 Å². The zero-order chi connectivity index (χ0) is 12.7. The van der Waals surface area contributed by atoms with Gasteiger partial charge in [-0.05, 0) is 31.5 Å². The summed E-state index contributed by atoms with van der Waals surface area (Å²) in [5.74, 6) is 4.55. The Bertz CT molecular complexity index is 495. The number of carbonyl (C=O) groups is 1. The summed E-state index contributed by atoms with van der Waals surface area (Å²) in [6, 6.07) is 7.76. The van der Waals surface area contributed by atoms with E-state index in [1.807, 2.05) is 31.2 Å². The van der Waals surface area contributed by atoms with Crippen LogP contribution in [-0.2, 0) is 9.63 Å². The lowest BCUT2D eigenvalue weighted by atomic mass is 10.1. The number of rotatable bonds is 3.